The number of nitrogens with one attached hydrogen (secondary N) is 1. The summed E-state index contributed by atoms with van der Waals surface area (Å²) in [5.41, 5.74) is 0.662. The maximum atomic E-state index is 13.3. The van der Waals surface area contributed by atoms with Crippen LogP contribution in [-0.2, 0) is 0 Å². The lowest BCUT2D eigenvalue weighted by atomic mass is 10.2. The van der Waals surface area contributed by atoms with Gasteiger partial charge in [0.15, 0.2) is 5.82 Å². The zero-order valence-corrected chi connectivity index (χ0v) is 8.53. The molecule has 0 unspecified atom stereocenters. The Morgan fingerprint density at radius 3 is 2.81 bits per heavy atom. The second-order valence-corrected chi connectivity index (χ2v) is 3.28. The molecular formula is C11H9FN2O2. The summed E-state index contributed by atoms with van der Waals surface area (Å²) in [6, 6.07) is 5.74. The third-order valence-corrected chi connectivity index (χ3v) is 2.10. The standard InChI is InChI=1S/C11H9FN2O2/c1-7-6-16-14-10(7)13-11(15)8-4-2-3-5-9(8)12/h2-6H,1H3,(H,13,14,15). The van der Waals surface area contributed by atoms with Gasteiger partial charge in [0.1, 0.15) is 12.1 Å². The number of rotatable bonds is 2. The van der Waals surface area contributed by atoms with E-state index < -0.39 is 11.7 Å². The van der Waals surface area contributed by atoms with Gasteiger partial charge >= 0.3 is 0 Å². The molecule has 5 heteroatoms. The first kappa shape index (κ1) is 10.4. The summed E-state index contributed by atoms with van der Waals surface area (Å²) >= 11 is 0. The zero-order chi connectivity index (χ0) is 11.5. The number of anilines is 1. The summed E-state index contributed by atoms with van der Waals surface area (Å²) in [6.45, 7) is 1.73. The minimum atomic E-state index is -0.568. The van der Waals surface area contributed by atoms with E-state index in [1.807, 2.05) is 0 Å². The molecule has 1 heterocycles. The molecule has 0 spiro atoms. The lowest BCUT2D eigenvalue weighted by molar-refractivity contribution is 0.102. The molecule has 1 aromatic carbocycles. The van der Waals surface area contributed by atoms with Crippen LogP contribution in [0.3, 0.4) is 0 Å². The van der Waals surface area contributed by atoms with Crippen molar-refractivity contribution in [1.29, 1.82) is 0 Å². The summed E-state index contributed by atoms with van der Waals surface area (Å²) in [5.74, 6) is -0.815. The molecule has 0 atom stereocenters. The first-order valence-corrected chi connectivity index (χ1v) is 4.65. The van der Waals surface area contributed by atoms with Gasteiger partial charge < -0.3 is 9.84 Å². The van der Waals surface area contributed by atoms with Gasteiger partial charge in [0.05, 0.1) is 5.56 Å². The highest BCUT2D eigenvalue weighted by atomic mass is 19.1. The van der Waals surface area contributed by atoms with Gasteiger partial charge in [-0.2, -0.15) is 0 Å². The molecule has 0 radical (unpaired) electrons. The second-order valence-electron chi connectivity index (χ2n) is 3.28. The monoisotopic (exact) mass is 220 g/mol. The Balaban J connectivity index is 2.22. The Morgan fingerprint density at radius 1 is 1.44 bits per heavy atom. The number of halogens is 1. The topological polar surface area (TPSA) is 55.1 Å². The van der Waals surface area contributed by atoms with Crippen molar-refractivity contribution in [2.45, 2.75) is 6.92 Å². The molecule has 82 valence electrons. The van der Waals surface area contributed by atoms with E-state index in [4.69, 9.17) is 0 Å². The number of aryl methyl sites for hydroxylation is 1. The van der Waals surface area contributed by atoms with Gasteiger partial charge in [0, 0.05) is 5.56 Å². The summed E-state index contributed by atoms with van der Waals surface area (Å²) in [5, 5.41) is 6.05. The minimum Gasteiger partial charge on any atom is -0.362 e. The van der Waals surface area contributed by atoms with E-state index >= 15 is 0 Å². The van der Waals surface area contributed by atoms with Crippen LogP contribution in [0.2, 0.25) is 0 Å². The van der Waals surface area contributed by atoms with Crippen molar-refractivity contribution in [3.63, 3.8) is 0 Å². The molecule has 1 amide bonds. The van der Waals surface area contributed by atoms with E-state index in [1.54, 1.807) is 13.0 Å². The third-order valence-electron chi connectivity index (χ3n) is 2.10. The largest absolute Gasteiger partial charge is 0.362 e. The highest BCUT2D eigenvalue weighted by Crippen LogP contribution is 2.13. The maximum absolute atomic E-state index is 13.3. The average molecular weight is 220 g/mol. The Hall–Kier alpha value is -2.17. The predicted octanol–water partition coefficient (Wildman–Crippen LogP) is 2.37. The molecule has 0 aliphatic heterocycles. The number of aromatic nitrogens is 1. The van der Waals surface area contributed by atoms with Crippen molar-refractivity contribution >= 4 is 11.7 Å². The Labute approximate surface area is 91.1 Å². The number of carbonyl (C=O) groups is 1. The Kier molecular flexibility index (Phi) is 2.68. The molecule has 2 rings (SSSR count). The van der Waals surface area contributed by atoms with Gasteiger partial charge in [-0.15, -0.1) is 0 Å². The van der Waals surface area contributed by atoms with Crippen molar-refractivity contribution in [1.82, 2.24) is 5.16 Å². The molecule has 0 saturated heterocycles. The minimum absolute atomic E-state index is 0.0232. The van der Waals surface area contributed by atoms with Crippen LogP contribution in [0.5, 0.6) is 0 Å². The van der Waals surface area contributed by atoms with Crippen LogP contribution in [-0.4, -0.2) is 11.1 Å². The van der Waals surface area contributed by atoms with Crippen LogP contribution in [0.15, 0.2) is 35.1 Å². The number of nitrogens with zero attached hydrogens (tertiary/aromatic N) is 1. The molecule has 1 aromatic heterocycles. The predicted molar refractivity (Wildman–Crippen MR) is 55.6 cm³/mol. The van der Waals surface area contributed by atoms with Crippen molar-refractivity contribution in [3.8, 4) is 0 Å². The summed E-state index contributed by atoms with van der Waals surface area (Å²) < 4.78 is 17.9. The summed E-state index contributed by atoms with van der Waals surface area (Å²) in [4.78, 5) is 11.7. The van der Waals surface area contributed by atoms with Gasteiger partial charge in [0.2, 0.25) is 0 Å². The first-order chi connectivity index (χ1) is 7.68. The van der Waals surface area contributed by atoms with Crippen molar-refractivity contribution in [2.24, 2.45) is 0 Å². The average Bonchev–Trinajstić information content (AvgIpc) is 2.65. The summed E-state index contributed by atoms with van der Waals surface area (Å²) in [6.07, 6.45) is 1.40. The smallest absolute Gasteiger partial charge is 0.259 e. The molecule has 16 heavy (non-hydrogen) atoms. The van der Waals surface area contributed by atoms with Crippen molar-refractivity contribution in [2.75, 3.05) is 5.32 Å². The number of benzene rings is 1. The van der Waals surface area contributed by atoms with Crippen LogP contribution in [0, 0.1) is 12.7 Å². The van der Waals surface area contributed by atoms with Crippen LogP contribution in [0.1, 0.15) is 15.9 Å². The number of amides is 1. The summed E-state index contributed by atoms with van der Waals surface area (Å²) in [7, 11) is 0. The Morgan fingerprint density at radius 2 is 2.19 bits per heavy atom. The highest BCUT2D eigenvalue weighted by molar-refractivity contribution is 6.04. The fraction of sp³-hybridized carbons (Fsp3) is 0.0909. The van der Waals surface area contributed by atoms with Gasteiger partial charge in [-0.05, 0) is 19.1 Å². The normalized spacial score (nSPS) is 10.1. The maximum Gasteiger partial charge on any atom is 0.259 e. The third kappa shape index (κ3) is 1.93. The molecule has 0 saturated carbocycles. The van der Waals surface area contributed by atoms with Crippen molar-refractivity contribution in [3.05, 3.63) is 47.5 Å². The molecule has 0 fully saturated rings. The second kappa shape index (κ2) is 4.14. The van der Waals surface area contributed by atoms with Crippen molar-refractivity contribution < 1.29 is 13.7 Å². The van der Waals surface area contributed by atoms with Crippen LogP contribution in [0.25, 0.3) is 0 Å². The lowest BCUT2D eigenvalue weighted by Gasteiger charge is -2.02. The quantitative estimate of drug-likeness (QED) is 0.845. The van der Waals surface area contributed by atoms with E-state index in [9.17, 15) is 9.18 Å². The van der Waals surface area contributed by atoms with Gasteiger partial charge in [-0.1, -0.05) is 17.3 Å². The lowest BCUT2D eigenvalue weighted by Crippen LogP contribution is -2.14. The fourth-order valence-electron chi connectivity index (χ4n) is 1.23. The van der Waals surface area contributed by atoms with Crippen LogP contribution < -0.4 is 5.32 Å². The zero-order valence-electron chi connectivity index (χ0n) is 8.53. The number of hydrogen-bond donors (Lipinski definition) is 1. The number of hydrogen-bond acceptors (Lipinski definition) is 3. The van der Waals surface area contributed by atoms with Gasteiger partial charge in [0.25, 0.3) is 5.91 Å². The van der Waals surface area contributed by atoms with Gasteiger partial charge in [-0.25, -0.2) is 4.39 Å². The van der Waals surface area contributed by atoms with E-state index in [-0.39, 0.29) is 5.56 Å². The molecule has 1 N–H and O–H groups in total. The first-order valence-electron chi connectivity index (χ1n) is 4.65. The molecular weight excluding hydrogens is 211 g/mol. The Bertz CT molecular complexity index is 522. The number of carbonyl (C=O) groups excluding carboxylic acids is 1. The highest BCUT2D eigenvalue weighted by Gasteiger charge is 2.13. The van der Waals surface area contributed by atoms with E-state index in [1.165, 1.54) is 24.5 Å². The van der Waals surface area contributed by atoms with Crippen LogP contribution >= 0.6 is 0 Å². The SMILES string of the molecule is Cc1conc1NC(=O)c1ccccc1F. The molecule has 0 aliphatic carbocycles. The van der Waals surface area contributed by atoms with Gasteiger partial charge in [-0.3, -0.25) is 4.79 Å². The van der Waals surface area contributed by atoms with E-state index in [0.29, 0.717) is 11.4 Å². The van der Waals surface area contributed by atoms with E-state index in [0.717, 1.165) is 0 Å². The van der Waals surface area contributed by atoms with Crippen LogP contribution in [0.4, 0.5) is 10.2 Å². The molecule has 0 aliphatic rings. The molecule has 0 bridgehead atoms. The molecule has 4 nitrogen and oxygen atoms in total. The molecule has 2 aromatic rings. The fourth-order valence-corrected chi connectivity index (χ4v) is 1.23. The van der Waals surface area contributed by atoms with E-state index in [2.05, 4.69) is 15.0 Å².